The van der Waals surface area contributed by atoms with E-state index in [-0.39, 0.29) is 17.5 Å². The van der Waals surface area contributed by atoms with Crippen LogP contribution < -0.4 is 10.2 Å². The first-order valence-electron chi connectivity index (χ1n) is 6.94. The normalized spacial score (nSPS) is 20.9. The van der Waals surface area contributed by atoms with Crippen molar-refractivity contribution in [3.8, 4) is 0 Å². The molecule has 1 N–H and O–H groups in total. The minimum atomic E-state index is -2.88. The van der Waals surface area contributed by atoms with Gasteiger partial charge in [-0.1, -0.05) is 6.92 Å². The van der Waals surface area contributed by atoms with Crippen LogP contribution in [0, 0.1) is 6.92 Å². The highest BCUT2D eigenvalue weighted by Crippen LogP contribution is 2.23. The molecule has 7 heteroatoms. The summed E-state index contributed by atoms with van der Waals surface area (Å²) in [7, 11) is -0.984. The SMILES string of the molecule is CCCNc1cc(N(C)C2CCS(=O)(=O)C2)nc(C)n1. The molecular formula is C13H22N4O2S. The average Bonchev–Trinajstić information content (AvgIpc) is 2.75. The fraction of sp³-hybridized carbons (Fsp3) is 0.692. The summed E-state index contributed by atoms with van der Waals surface area (Å²) in [6.07, 6.45) is 1.69. The van der Waals surface area contributed by atoms with Crippen LogP contribution in [-0.4, -0.2) is 49.5 Å². The van der Waals surface area contributed by atoms with Gasteiger partial charge < -0.3 is 10.2 Å². The summed E-state index contributed by atoms with van der Waals surface area (Å²) in [4.78, 5) is 10.7. The summed E-state index contributed by atoms with van der Waals surface area (Å²) in [5.41, 5.74) is 0. The van der Waals surface area contributed by atoms with Crippen LogP contribution in [0.25, 0.3) is 0 Å². The standard InChI is InChI=1S/C13H22N4O2S/c1-4-6-14-12-8-13(16-10(2)15-12)17(3)11-5-7-20(18,19)9-11/h8,11H,4-7,9H2,1-3H3,(H,14,15,16). The van der Waals surface area contributed by atoms with Crippen molar-refractivity contribution >= 4 is 21.5 Å². The van der Waals surface area contributed by atoms with E-state index in [1.54, 1.807) is 0 Å². The quantitative estimate of drug-likeness (QED) is 0.881. The van der Waals surface area contributed by atoms with E-state index in [2.05, 4.69) is 22.2 Å². The van der Waals surface area contributed by atoms with Crippen molar-refractivity contribution in [1.82, 2.24) is 9.97 Å². The number of aromatic nitrogens is 2. The number of aryl methyl sites for hydroxylation is 1. The number of rotatable bonds is 5. The van der Waals surface area contributed by atoms with Gasteiger partial charge in [-0.25, -0.2) is 18.4 Å². The molecule has 6 nitrogen and oxygen atoms in total. The Balaban J connectivity index is 2.17. The highest BCUT2D eigenvalue weighted by molar-refractivity contribution is 7.91. The molecule has 0 spiro atoms. The lowest BCUT2D eigenvalue weighted by Crippen LogP contribution is -2.33. The Morgan fingerprint density at radius 2 is 2.20 bits per heavy atom. The number of hydrogen-bond acceptors (Lipinski definition) is 6. The van der Waals surface area contributed by atoms with Gasteiger partial charge in [-0.3, -0.25) is 0 Å². The van der Waals surface area contributed by atoms with E-state index in [0.717, 1.165) is 24.6 Å². The van der Waals surface area contributed by atoms with Gasteiger partial charge in [-0.15, -0.1) is 0 Å². The molecule has 0 aliphatic carbocycles. The molecule has 1 atom stereocenters. The van der Waals surface area contributed by atoms with Gasteiger partial charge in [0.15, 0.2) is 9.84 Å². The highest BCUT2D eigenvalue weighted by Gasteiger charge is 2.31. The lowest BCUT2D eigenvalue weighted by atomic mass is 10.2. The lowest BCUT2D eigenvalue weighted by molar-refractivity contribution is 0.600. The van der Waals surface area contributed by atoms with E-state index in [4.69, 9.17) is 0 Å². The fourth-order valence-corrected chi connectivity index (χ4v) is 4.12. The lowest BCUT2D eigenvalue weighted by Gasteiger charge is -2.25. The molecule has 1 fully saturated rings. The first-order chi connectivity index (χ1) is 9.41. The summed E-state index contributed by atoms with van der Waals surface area (Å²) in [6.45, 7) is 4.80. The Hall–Kier alpha value is -1.37. The van der Waals surface area contributed by atoms with Crippen molar-refractivity contribution in [2.75, 3.05) is 35.3 Å². The molecule has 112 valence electrons. The van der Waals surface area contributed by atoms with Gasteiger partial charge in [-0.2, -0.15) is 0 Å². The van der Waals surface area contributed by atoms with Crippen LogP contribution in [0.3, 0.4) is 0 Å². The zero-order valence-corrected chi connectivity index (χ0v) is 13.1. The van der Waals surface area contributed by atoms with Crippen molar-refractivity contribution in [2.45, 2.75) is 32.7 Å². The van der Waals surface area contributed by atoms with Gasteiger partial charge in [0, 0.05) is 25.7 Å². The van der Waals surface area contributed by atoms with Crippen LogP contribution >= 0.6 is 0 Å². The second-order valence-corrected chi connectivity index (χ2v) is 7.48. The average molecular weight is 298 g/mol. The van der Waals surface area contributed by atoms with Gasteiger partial charge in [0.2, 0.25) is 0 Å². The predicted molar refractivity (Wildman–Crippen MR) is 81.0 cm³/mol. The van der Waals surface area contributed by atoms with Crippen LogP contribution in [0.5, 0.6) is 0 Å². The zero-order chi connectivity index (χ0) is 14.8. The summed E-state index contributed by atoms with van der Waals surface area (Å²) in [5, 5.41) is 3.24. The van der Waals surface area contributed by atoms with Gasteiger partial charge >= 0.3 is 0 Å². The van der Waals surface area contributed by atoms with Gasteiger partial charge in [0.1, 0.15) is 17.5 Å². The highest BCUT2D eigenvalue weighted by atomic mass is 32.2. The minimum Gasteiger partial charge on any atom is -0.370 e. The Morgan fingerprint density at radius 3 is 2.80 bits per heavy atom. The minimum absolute atomic E-state index is 0.00771. The first kappa shape index (κ1) is 15.0. The largest absolute Gasteiger partial charge is 0.370 e. The molecule has 1 saturated heterocycles. The molecule has 2 rings (SSSR count). The van der Waals surface area contributed by atoms with Crippen molar-refractivity contribution in [3.05, 3.63) is 11.9 Å². The number of hydrogen-bond donors (Lipinski definition) is 1. The van der Waals surface area contributed by atoms with Crippen molar-refractivity contribution in [1.29, 1.82) is 0 Å². The fourth-order valence-electron chi connectivity index (χ4n) is 2.34. The topological polar surface area (TPSA) is 75.2 Å². The second-order valence-electron chi connectivity index (χ2n) is 5.25. The van der Waals surface area contributed by atoms with Crippen LogP contribution in [-0.2, 0) is 9.84 Å². The number of nitrogens with one attached hydrogen (secondary N) is 1. The van der Waals surface area contributed by atoms with E-state index in [0.29, 0.717) is 12.2 Å². The Morgan fingerprint density at radius 1 is 1.45 bits per heavy atom. The summed E-state index contributed by atoms with van der Waals surface area (Å²) in [6, 6.07) is 1.89. The van der Waals surface area contributed by atoms with E-state index in [1.165, 1.54) is 0 Å². The van der Waals surface area contributed by atoms with Crippen molar-refractivity contribution in [3.63, 3.8) is 0 Å². The number of anilines is 2. The molecule has 0 amide bonds. The zero-order valence-electron chi connectivity index (χ0n) is 12.3. The van der Waals surface area contributed by atoms with Crippen LogP contribution in [0.4, 0.5) is 11.6 Å². The number of nitrogens with zero attached hydrogens (tertiary/aromatic N) is 3. The summed E-state index contributed by atoms with van der Waals surface area (Å²) < 4.78 is 23.2. The molecular weight excluding hydrogens is 276 g/mol. The maximum absolute atomic E-state index is 11.6. The third-order valence-electron chi connectivity index (χ3n) is 3.50. The Kier molecular flexibility index (Phi) is 4.47. The van der Waals surface area contributed by atoms with Crippen LogP contribution in [0.1, 0.15) is 25.6 Å². The Bertz CT molecular complexity index is 574. The summed E-state index contributed by atoms with van der Waals surface area (Å²) >= 11 is 0. The van der Waals surface area contributed by atoms with Gasteiger partial charge in [-0.05, 0) is 19.8 Å². The Labute approximate surface area is 120 Å². The first-order valence-corrected chi connectivity index (χ1v) is 8.76. The molecule has 2 heterocycles. The van der Waals surface area contributed by atoms with Crippen molar-refractivity contribution in [2.24, 2.45) is 0 Å². The maximum Gasteiger partial charge on any atom is 0.152 e. The maximum atomic E-state index is 11.6. The van der Waals surface area contributed by atoms with E-state index < -0.39 is 9.84 Å². The predicted octanol–water partition coefficient (Wildman–Crippen LogP) is 1.23. The molecule has 0 aromatic carbocycles. The van der Waals surface area contributed by atoms with E-state index >= 15 is 0 Å². The molecule has 0 bridgehead atoms. The molecule has 1 aromatic rings. The molecule has 1 aromatic heterocycles. The summed E-state index contributed by atoms with van der Waals surface area (Å²) in [5.74, 6) is 2.74. The monoisotopic (exact) mass is 298 g/mol. The van der Waals surface area contributed by atoms with E-state index in [9.17, 15) is 8.42 Å². The third kappa shape index (κ3) is 3.59. The molecule has 20 heavy (non-hydrogen) atoms. The van der Waals surface area contributed by atoms with Gasteiger partial charge in [0.05, 0.1) is 11.5 Å². The molecule has 1 aliphatic heterocycles. The van der Waals surface area contributed by atoms with Crippen LogP contribution in [0.15, 0.2) is 6.07 Å². The second kappa shape index (κ2) is 5.95. The van der Waals surface area contributed by atoms with Crippen molar-refractivity contribution < 1.29 is 8.42 Å². The third-order valence-corrected chi connectivity index (χ3v) is 5.25. The number of sulfone groups is 1. The van der Waals surface area contributed by atoms with Gasteiger partial charge in [0.25, 0.3) is 0 Å². The molecule has 0 radical (unpaired) electrons. The molecule has 0 saturated carbocycles. The van der Waals surface area contributed by atoms with E-state index in [1.807, 2.05) is 24.9 Å². The molecule has 1 aliphatic rings. The smallest absolute Gasteiger partial charge is 0.152 e. The van der Waals surface area contributed by atoms with Crippen LogP contribution in [0.2, 0.25) is 0 Å². The molecule has 1 unspecified atom stereocenters.